The Morgan fingerprint density at radius 2 is 1.95 bits per heavy atom. The van der Waals surface area contributed by atoms with Crippen LogP contribution in [0.4, 0.5) is 4.39 Å². The number of halogens is 1. The van der Waals surface area contributed by atoms with Crippen LogP contribution in [0.15, 0.2) is 34.7 Å². The molecule has 1 saturated carbocycles. The van der Waals surface area contributed by atoms with Gasteiger partial charge in [0.1, 0.15) is 17.3 Å². The summed E-state index contributed by atoms with van der Waals surface area (Å²) >= 11 is 0. The third kappa shape index (κ3) is 2.99. The topological polar surface area (TPSA) is 39.4 Å². The van der Waals surface area contributed by atoms with Crippen LogP contribution in [0.2, 0.25) is 0 Å². The normalized spacial score (nSPS) is 15.9. The van der Waals surface area contributed by atoms with E-state index in [9.17, 15) is 9.18 Å². The minimum absolute atomic E-state index is 0.125. The van der Waals surface area contributed by atoms with Gasteiger partial charge in [0, 0.05) is 0 Å². The quantitative estimate of drug-likeness (QED) is 0.771. The third-order valence-corrected chi connectivity index (χ3v) is 3.81. The number of benzene rings is 1. The summed E-state index contributed by atoms with van der Waals surface area (Å²) in [5.74, 6) is 0.571. The van der Waals surface area contributed by atoms with Crippen molar-refractivity contribution in [3.8, 4) is 17.1 Å². The van der Waals surface area contributed by atoms with Crippen molar-refractivity contribution >= 4 is 6.29 Å². The minimum Gasteiger partial charge on any atom is -0.490 e. The highest BCUT2D eigenvalue weighted by molar-refractivity contribution is 5.74. The molecule has 1 aliphatic rings. The van der Waals surface area contributed by atoms with Gasteiger partial charge in [0.05, 0.1) is 11.7 Å². The summed E-state index contributed by atoms with van der Waals surface area (Å²) < 4.78 is 25.5. The first-order valence-electron chi connectivity index (χ1n) is 7.28. The van der Waals surface area contributed by atoms with Gasteiger partial charge in [0.15, 0.2) is 12.0 Å². The molecular weight excluding hydrogens is 271 g/mol. The van der Waals surface area contributed by atoms with Crippen molar-refractivity contribution < 1.29 is 18.3 Å². The summed E-state index contributed by atoms with van der Waals surface area (Å²) in [6.07, 6.45) is 6.24. The maximum Gasteiger partial charge on any atom is 0.185 e. The molecule has 0 bridgehead atoms. The fourth-order valence-corrected chi connectivity index (χ4v) is 2.75. The SMILES string of the molecule is O=Cc1ccc(-c2c(F)cccc2OC2CCCCC2)o1. The molecule has 4 heteroatoms. The van der Waals surface area contributed by atoms with Crippen molar-refractivity contribution in [1.29, 1.82) is 0 Å². The van der Waals surface area contributed by atoms with E-state index in [2.05, 4.69) is 0 Å². The predicted molar refractivity (Wildman–Crippen MR) is 77.0 cm³/mol. The first-order chi connectivity index (χ1) is 10.3. The first kappa shape index (κ1) is 13.9. The van der Waals surface area contributed by atoms with Crippen LogP contribution in [0.5, 0.6) is 5.75 Å². The zero-order chi connectivity index (χ0) is 14.7. The number of hydrogen-bond acceptors (Lipinski definition) is 3. The Morgan fingerprint density at radius 3 is 2.67 bits per heavy atom. The van der Waals surface area contributed by atoms with Gasteiger partial charge < -0.3 is 9.15 Å². The minimum atomic E-state index is -0.407. The second-order valence-electron chi connectivity index (χ2n) is 5.31. The Hall–Kier alpha value is -2.10. The molecule has 0 amide bonds. The molecule has 1 heterocycles. The maximum atomic E-state index is 14.2. The van der Waals surface area contributed by atoms with Crippen LogP contribution in [0.1, 0.15) is 42.7 Å². The van der Waals surface area contributed by atoms with E-state index in [1.165, 1.54) is 18.6 Å². The van der Waals surface area contributed by atoms with Crippen molar-refractivity contribution in [2.45, 2.75) is 38.2 Å². The van der Waals surface area contributed by atoms with Crippen LogP contribution in [0.3, 0.4) is 0 Å². The molecule has 2 aromatic rings. The molecule has 0 unspecified atom stereocenters. The molecule has 0 atom stereocenters. The van der Waals surface area contributed by atoms with E-state index in [1.807, 2.05) is 0 Å². The molecule has 1 aromatic carbocycles. The zero-order valence-corrected chi connectivity index (χ0v) is 11.7. The highest BCUT2D eigenvalue weighted by Crippen LogP contribution is 2.35. The maximum absolute atomic E-state index is 14.2. The van der Waals surface area contributed by atoms with E-state index in [-0.39, 0.29) is 17.4 Å². The summed E-state index contributed by atoms with van der Waals surface area (Å²) in [6, 6.07) is 7.86. The van der Waals surface area contributed by atoms with Crippen molar-refractivity contribution in [3.63, 3.8) is 0 Å². The van der Waals surface area contributed by atoms with Crippen molar-refractivity contribution in [2.24, 2.45) is 0 Å². The number of rotatable bonds is 4. The molecule has 0 spiro atoms. The highest BCUT2D eigenvalue weighted by atomic mass is 19.1. The Labute approximate surface area is 122 Å². The van der Waals surface area contributed by atoms with Crippen LogP contribution < -0.4 is 4.74 Å². The molecule has 3 nitrogen and oxygen atoms in total. The van der Waals surface area contributed by atoms with Gasteiger partial charge in [-0.05, 0) is 49.9 Å². The summed E-state index contributed by atoms with van der Waals surface area (Å²) in [6.45, 7) is 0. The standard InChI is InChI=1S/C17H17FO3/c18-14-7-4-8-15(20-12-5-2-1-3-6-12)17(14)16-10-9-13(11-19)21-16/h4,7-12H,1-3,5-6H2. The average molecular weight is 288 g/mol. The highest BCUT2D eigenvalue weighted by Gasteiger charge is 2.20. The van der Waals surface area contributed by atoms with Crippen molar-refractivity contribution in [1.82, 2.24) is 0 Å². The molecule has 21 heavy (non-hydrogen) atoms. The molecule has 0 radical (unpaired) electrons. The first-order valence-corrected chi connectivity index (χ1v) is 7.28. The van der Waals surface area contributed by atoms with E-state index in [0.717, 1.165) is 25.7 Å². The number of ether oxygens (including phenoxy) is 1. The lowest BCUT2D eigenvalue weighted by Crippen LogP contribution is -2.20. The Balaban J connectivity index is 1.92. The second kappa shape index (κ2) is 6.12. The zero-order valence-electron chi connectivity index (χ0n) is 11.7. The molecule has 1 aliphatic carbocycles. The molecule has 0 aliphatic heterocycles. The van der Waals surface area contributed by atoms with Gasteiger partial charge in [-0.25, -0.2) is 4.39 Å². The predicted octanol–water partition coefficient (Wildman–Crippen LogP) is 4.61. The van der Waals surface area contributed by atoms with Gasteiger partial charge in [-0.3, -0.25) is 4.79 Å². The molecule has 1 aromatic heterocycles. The van der Waals surface area contributed by atoms with Gasteiger partial charge in [-0.15, -0.1) is 0 Å². The van der Waals surface area contributed by atoms with E-state index in [4.69, 9.17) is 9.15 Å². The average Bonchev–Trinajstić information content (AvgIpc) is 2.97. The number of furan rings is 1. The summed E-state index contributed by atoms with van der Waals surface area (Å²) in [5, 5.41) is 0. The van der Waals surface area contributed by atoms with Gasteiger partial charge in [0.25, 0.3) is 0 Å². The smallest absolute Gasteiger partial charge is 0.185 e. The summed E-state index contributed by atoms with van der Waals surface area (Å²) in [5.41, 5.74) is 0.288. The molecule has 1 fully saturated rings. The van der Waals surface area contributed by atoms with Crippen LogP contribution in [0, 0.1) is 5.82 Å². The number of aldehydes is 1. The molecular formula is C17H17FO3. The number of hydrogen-bond donors (Lipinski definition) is 0. The number of carbonyl (C=O) groups is 1. The lowest BCUT2D eigenvalue weighted by molar-refractivity contribution is 0.110. The van der Waals surface area contributed by atoms with E-state index in [1.54, 1.807) is 18.2 Å². The van der Waals surface area contributed by atoms with Crippen molar-refractivity contribution in [2.75, 3.05) is 0 Å². The Morgan fingerprint density at radius 1 is 1.14 bits per heavy atom. The largest absolute Gasteiger partial charge is 0.490 e. The van der Waals surface area contributed by atoms with Crippen LogP contribution in [0.25, 0.3) is 11.3 Å². The second-order valence-corrected chi connectivity index (χ2v) is 5.31. The van der Waals surface area contributed by atoms with Crippen LogP contribution in [-0.4, -0.2) is 12.4 Å². The molecule has 3 rings (SSSR count). The molecule has 0 N–H and O–H groups in total. The number of carbonyl (C=O) groups excluding carboxylic acids is 1. The van der Waals surface area contributed by atoms with Gasteiger partial charge in [-0.1, -0.05) is 12.5 Å². The third-order valence-electron chi connectivity index (χ3n) is 3.81. The Kier molecular flexibility index (Phi) is 4.04. The fraction of sp³-hybridized carbons (Fsp3) is 0.353. The molecule has 110 valence electrons. The van der Waals surface area contributed by atoms with Crippen LogP contribution in [-0.2, 0) is 0 Å². The lowest BCUT2D eigenvalue weighted by atomic mass is 9.97. The van der Waals surface area contributed by atoms with Gasteiger partial charge >= 0.3 is 0 Å². The van der Waals surface area contributed by atoms with Crippen LogP contribution >= 0.6 is 0 Å². The van der Waals surface area contributed by atoms with Gasteiger partial charge in [-0.2, -0.15) is 0 Å². The van der Waals surface area contributed by atoms with E-state index in [0.29, 0.717) is 17.8 Å². The summed E-state index contributed by atoms with van der Waals surface area (Å²) in [7, 11) is 0. The monoisotopic (exact) mass is 288 g/mol. The van der Waals surface area contributed by atoms with Crippen molar-refractivity contribution in [3.05, 3.63) is 41.9 Å². The molecule has 0 saturated heterocycles. The summed E-state index contributed by atoms with van der Waals surface area (Å²) in [4.78, 5) is 10.7. The van der Waals surface area contributed by atoms with E-state index >= 15 is 0 Å². The van der Waals surface area contributed by atoms with Gasteiger partial charge in [0.2, 0.25) is 0 Å². The lowest BCUT2D eigenvalue weighted by Gasteiger charge is -2.24. The Bertz CT molecular complexity index is 627. The van der Waals surface area contributed by atoms with E-state index < -0.39 is 5.82 Å². The fourth-order valence-electron chi connectivity index (χ4n) is 2.75.